The molecule has 3 amide bonds. The van der Waals surface area contributed by atoms with Crippen LogP contribution in [-0.2, 0) is 11.3 Å². The summed E-state index contributed by atoms with van der Waals surface area (Å²) < 4.78 is 0. The van der Waals surface area contributed by atoms with Crippen LogP contribution in [0, 0.1) is 0 Å². The normalized spacial score (nSPS) is 17.4. The molecule has 1 aliphatic heterocycles. The third kappa shape index (κ3) is 3.43. The van der Waals surface area contributed by atoms with Gasteiger partial charge in [0.1, 0.15) is 0 Å². The highest BCUT2D eigenvalue weighted by molar-refractivity contribution is 7.10. The maximum absolute atomic E-state index is 12.6. The number of thiophene rings is 1. The molecule has 1 atom stereocenters. The van der Waals surface area contributed by atoms with E-state index in [4.69, 9.17) is 0 Å². The van der Waals surface area contributed by atoms with E-state index in [1.54, 1.807) is 6.92 Å². The summed E-state index contributed by atoms with van der Waals surface area (Å²) in [7, 11) is 0. The maximum Gasteiger partial charge on any atom is 0.319 e. The van der Waals surface area contributed by atoms with Crippen LogP contribution in [0.25, 0.3) is 0 Å². The number of benzene rings is 1. The highest BCUT2D eigenvalue weighted by Crippen LogP contribution is 2.29. The predicted octanol–water partition coefficient (Wildman–Crippen LogP) is 2.69. The molecule has 1 aromatic heterocycles. The highest BCUT2D eigenvalue weighted by Gasteiger charge is 2.31. The molecule has 0 aliphatic carbocycles. The Balaban J connectivity index is 1.81. The number of rotatable bonds is 4. The van der Waals surface area contributed by atoms with E-state index >= 15 is 0 Å². The number of urea groups is 1. The number of hydrogen-bond donors (Lipinski definition) is 3. The van der Waals surface area contributed by atoms with Crippen molar-refractivity contribution in [3.63, 3.8) is 0 Å². The van der Waals surface area contributed by atoms with Crippen LogP contribution in [0.3, 0.4) is 0 Å². The van der Waals surface area contributed by atoms with Gasteiger partial charge < -0.3 is 16.0 Å². The molecule has 0 spiro atoms. The van der Waals surface area contributed by atoms with Crippen molar-refractivity contribution in [2.45, 2.75) is 19.5 Å². The van der Waals surface area contributed by atoms with Crippen molar-refractivity contribution in [3.8, 4) is 0 Å². The van der Waals surface area contributed by atoms with E-state index in [2.05, 4.69) is 16.0 Å². The molecule has 6 heteroatoms. The van der Waals surface area contributed by atoms with Crippen LogP contribution >= 0.6 is 11.3 Å². The second kappa shape index (κ2) is 6.66. The van der Waals surface area contributed by atoms with Gasteiger partial charge in [0.2, 0.25) is 0 Å². The fraction of sp³-hybridized carbons (Fsp3) is 0.176. The number of amides is 3. The SMILES string of the molecule is CC1=C(C(=O)NCc2ccccc2)C(c2cccs2)NC(=O)N1. The largest absolute Gasteiger partial charge is 0.348 e. The van der Waals surface area contributed by atoms with E-state index in [1.807, 2.05) is 47.8 Å². The Morgan fingerprint density at radius 1 is 1.22 bits per heavy atom. The standard InChI is InChI=1S/C17H17N3O2S/c1-11-14(16(21)18-10-12-6-3-2-4-7-12)15(20-17(22)19-11)13-8-5-9-23-13/h2-9,15H,10H2,1H3,(H,18,21)(H2,19,20,22). The molecule has 5 nitrogen and oxygen atoms in total. The third-order valence-corrected chi connectivity index (χ3v) is 4.57. The first-order valence-electron chi connectivity index (χ1n) is 7.29. The predicted molar refractivity (Wildman–Crippen MR) is 89.7 cm³/mol. The second-order valence-electron chi connectivity index (χ2n) is 5.25. The van der Waals surface area contributed by atoms with Crippen molar-refractivity contribution in [3.05, 3.63) is 69.6 Å². The second-order valence-corrected chi connectivity index (χ2v) is 6.23. The minimum absolute atomic E-state index is 0.183. The highest BCUT2D eigenvalue weighted by atomic mass is 32.1. The van der Waals surface area contributed by atoms with E-state index in [1.165, 1.54) is 11.3 Å². The van der Waals surface area contributed by atoms with Crippen LogP contribution in [-0.4, -0.2) is 11.9 Å². The molecular weight excluding hydrogens is 310 g/mol. The van der Waals surface area contributed by atoms with Gasteiger partial charge >= 0.3 is 6.03 Å². The van der Waals surface area contributed by atoms with Gasteiger partial charge in [-0.2, -0.15) is 0 Å². The van der Waals surface area contributed by atoms with Crippen LogP contribution < -0.4 is 16.0 Å². The Hall–Kier alpha value is -2.60. The molecule has 1 aromatic carbocycles. The van der Waals surface area contributed by atoms with E-state index in [9.17, 15) is 9.59 Å². The molecule has 0 saturated carbocycles. The number of nitrogens with one attached hydrogen (secondary N) is 3. The summed E-state index contributed by atoms with van der Waals surface area (Å²) in [6.07, 6.45) is 0. The summed E-state index contributed by atoms with van der Waals surface area (Å²) in [5, 5.41) is 10.3. The van der Waals surface area contributed by atoms with Crippen LogP contribution in [0.15, 0.2) is 59.1 Å². The Morgan fingerprint density at radius 3 is 2.70 bits per heavy atom. The van der Waals surface area contributed by atoms with Crippen molar-refractivity contribution < 1.29 is 9.59 Å². The Kier molecular flexibility index (Phi) is 4.43. The van der Waals surface area contributed by atoms with Gasteiger partial charge in [-0.15, -0.1) is 11.3 Å². The molecular formula is C17H17N3O2S. The average molecular weight is 327 g/mol. The van der Waals surface area contributed by atoms with Crippen molar-refractivity contribution in [1.29, 1.82) is 0 Å². The smallest absolute Gasteiger partial charge is 0.319 e. The lowest BCUT2D eigenvalue weighted by molar-refractivity contribution is -0.118. The number of hydrogen-bond acceptors (Lipinski definition) is 3. The van der Waals surface area contributed by atoms with Gasteiger partial charge in [0.05, 0.1) is 11.6 Å². The lowest BCUT2D eigenvalue weighted by Gasteiger charge is -2.27. The first kappa shape index (κ1) is 15.3. The van der Waals surface area contributed by atoms with Crippen LogP contribution in [0.1, 0.15) is 23.4 Å². The number of allylic oxidation sites excluding steroid dienone is 1. The van der Waals surface area contributed by atoms with E-state index < -0.39 is 6.04 Å². The van der Waals surface area contributed by atoms with Crippen molar-refractivity contribution in [1.82, 2.24) is 16.0 Å². The van der Waals surface area contributed by atoms with Gasteiger partial charge in [0.25, 0.3) is 5.91 Å². The van der Waals surface area contributed by atoms with Crippen LogP contribution in [0.2, 0.25) is 0 Å². The summed E-state index contributed by atoms with van der Waals surface area (Å²) in [5.41, 5.74) is 2.15. The summed E-state index contributed by atoms with van der Waals surface area (Å²) >= 11 is 1.51. The fourth-order valence-electron chi connectivity index (χ4n) is 2.54. The lowest BCUT2D eigenvalue weighted by Crippen LogP contribution is -2.46. The topological polar surface area (TPSA) is 70.2 Å². The van der Waals surface area contributed by atoms with Crippen molar-refractivity contribution >= 4 is 23.3 Å². The van der Waals surface area contributed by atoms with Crippen molar-refractivity contribution in [2.24, 2.45) is 0 Å². The van der Waals surface area contributed by atoms with Gasteiger partial charge in [-0.1, -0.05) is 36.4 Å². The monoisotopic (exact) mass is 327 g/mol. The number of carbonyl (C=O) groups excluding carboxylic acids is 2. The Morgan fingerprint density at radius 2 is 2.00 bits per heavy atom. The summed E-state index contributed by atoms with van der Waals surface area (Å²) in [6, 6.07) is 12.8. The average Bonchev–Trinajstić information content (AvgIpc) is 3.07. The van der Waals surface area contributed by atoms with Gasteiger partial charge in [0.15, 0.2) is 0 Å². The van der Waals surface area contributed by atoms with E-state index in [-0.39, 0.29) is 11.9 Å². The molecule has 118 valence electrons. The first-order chi connectivity index (χ1) is 11.1. The summed E-state index contributed by atoms with van der Waals surface area (Å²) in [6.45, 7) is 2.19. The molecule has 0 fully saturated rings. The zero-order valence-corrected chi connectivity index (χ0v) is 13.4. The Bertz CT molecular complexity index is 738. The molecule has 1 unspecified atom stereocenters. The Labute approximate surface area is 138 Å². The minimum atomic E-state index is -0.417. The van der Waals surface area contributed by atoms with Gasteiger partial charge in [-0.3, -0.25) is 4.79 Å². The van der Waals surface area contributed by atoms with E-state index in [0.29, 0.717) is 17.8 Å². The van der Waals surface area contributed by atoms with E-state index in [0.717, 1.165) is 10.4 Å². The minimum Gasteiger partial charge on any atom is -0.348 e. The molecule has 1 aliphatic rings. The molecule has 3 rings (SSSR count). The fourth-order valence-corrected chi connectivity index (χ4v) is 3.32. The molecule has 2 aromatic rings. The zero-order chi connectivity index (χ0) is 16.2. The number of carbonyl (C=O) groups is 2. The summed E-state index contributed by atoms with van der Waals surface area (Å²) in [4.78, 5) is 25.3. The molecule has 0 saturated heterocycles. The first-order valence-corrected chi connectivity index (χ1v) is 8.17. The van der Waals surface area contributed by atoms with Crippen LogP contribution in [0.5, 0.6) is 0 Å². The lowest BCUT2D eigenvalue weighted by atomic mass is 10.0. The summed E-state index contributed by atoms with van der Waals surface area (Å²) in [5.74, 6) is -0.183. The molecule has 23 heavy (non-hydrogen) atoms. The van der Waals surface area contributed by atoms with Crippen molar-refractivity contribution in [2.75, 3.05) is 0 Å². The zero-order valence-electron chi connectivity index (χ0n) is 12.6. The maximum atomic E-state index is 12.6. The van der Waals surface area contributed by atoms with Gasteiger partial charge in [0, 0.05) is 17.1 Å². The quantitative estimate of drug-likeness (QED) is 0.808. The molecule has 0 radical (unpaired) electrons. The van der Waals surface area contributed by atoms with Gasteiger partial charge in [-0.05, 0) is 23.9 Å². The molecule has 0 bridgehead atoms. The molecule has 3 N–H and O–H groups in total. The third-order valence-electron chi connectivity index (χ3n) is 3.64. The van der Waals surface area contributed by atoms with Gasteiger partial charge in [-0.25, -0.2) is 4.79 Å². The van der Waals surface area contributed by atoms with Crippen LogP contribution in [0.4, 0.5) is 4.79 Å². The molecule has 2 heterocycles.